The standard InChI is InChI=1S/C27H36N2O2S/c1-21(2)27(29-19-17-28(18-20-29)23-7-5-4-6-8-23)22-9-13-25(14-10-22)32(30)26-15-11-24(31-3)12-16-26/h9-16,23H,4-8,17-20H2,1-3H3. The summed E-state index contributed by atoms with van der Waals surface area (Å²) < 4.78 is 18.2. The van der Waals surface area contributed by atoms with Crippen LogP contribution in [0.15, 0.2) is 63.9 Å². The van der Waals surface area contributed by atoms with Crippen LogP contribution in [0.4, 0.5) is 0 Å². The zero-order chi connectivity index (χ0) is 22.5. The second kappa shape index (κ2) is 10.7. The first kappa shape index (κ1) is 23.1. The summed E-state index contributed by atoms with van der Waals surface area (Å²) in [4.78, 5) is 6.89. The van der Waals surface area contributed by atoms with Gasteiger partial charge in [0.05, 0.1) is 17.9 Å². The van der Waals surface area contributed by atoms with E-state index in [1.54, 1.807) is 7.11 Å². The molecule has 2 aromatic carbocycles. The van der Waals surface area contributed by atoms with E-state index in [9.17, 15) is 4.21 Å². The summed E-state index contributed by atoms with van der Waals surface area (Å²) >= 11 is 0. The van der Waals surface area contributed by atoms with Crippen molar-refractivity contribution in [2.75, 3.05) is 33.3 Å². The van der Waals surface area contributed by atoms with E-state index in [1.807, 2.05) is 36.4 Å². The van der Waals surface area contributed by atoms with E-state index in [1.165, 1.54) is 48.9 Å². The van der Waals surface area contributed by atoms with Gasteiger partial charge in [0.2, 0.25) is 0 Å². The van der Waals surface area contributed by atoms with Gasteiger partial charge in [-0.2, -0.15) is 0 Å². The van der Waals surface area contributed by atoms with Crippen molar-refractivity contribution in [2.45, 2.75) is 61.8 Å². The first-order chi connectivity index (χ1) is 15.6. The number of nitrogens with zero attached hydrogens (tertiary/aromatic N) is 2. The van der Waals surface area contributed by atoms with E-state index in [2.05, 4.69) is 35.8 Å². The Morgan fingerprint density at radius 1 is 0.844 bits per heavy atom. The molecule has 1 aliphatic heterocycles. The van der Waals surface area contributed by atoms with Gasteiger partial charge in [-0.15, -0.1) is 0 Å². The molecule has 1 atom stereocenters. The molecular formula is C27H36N2O2S. The Hall–Kier alpha value is -2.11. The maximum atomic E-state index is 13.0. The average molecular weight is 453 g/mol. The minimum atomic E-state index is -1.19. The second-order valence-corrected chi connectivity index (χ2v) is 10.6. The van der Waals surface area contributed by atoms with Crippen molar-refractivity contribution < 1.29 is 8.95 Å². The molecule has 2 aromatic rings. The summed E-state index contributed by atoms with van der Waals surface area (Å²) in [5.41, 5.74) is 3.88. The third-order valence-corrected chi connectivity index (χ3v) is 8.21. The number of benzene rings is 2. The quantitative estimate of drug-likeness (QED) is 0.574. The van der Waals surface area contributed by atoms with Gasteiger partial charge in [-0.1, -0.05) is 37.0 Å². The zero-order valence-electron chi connectivity index (χ0n) is 19.7. The summed E-state index contributed by atoms with van der Waals surface area (Å²) in [6.07, 6.45) is 6.96. The number of piperazine rings is 1. The lowest BCUT2D eigenvalue weighted by atomic mass is 9.93. The van der Waals surface area contributed by atoms with E-state index >= 15 is 0 Å². The summed E-state index contributed by atoms with van der Waals surface area (Å²) in [5.74, 6) is 0.776. The normalized spacial score (nSPS) is 18.9. The van der Waals surface area contributed by atoms with Crippen LogP contribution in [0.2, 0.25) is 0 Å². The van der Waals surface area contributed by atoms with E-state index in [4.69, 9.17) is 4.74 Å². The maximum Gasteiger partial charge on any atom is 0.118 e. The van der Waals surface area contributed by atoms with Crippen molar-refractivity contribution in [3.63, 3.8) is 0 Å². The average Bonchev–Trinajstić information content (AvgIpc) is 2.85. The SMILES string of the molecule is COc1ccc(S(=O)c2ccc(C(=C(C)C)N3CCN(C4CCCCC4)CC3)cc2)cc1. The molecule has 0 spiro atoms. The van der Waals surface area contributed by atoms with Crippen LogP contribution in [0.3, 0.4) is 0 Å². The van der Waals surface area contributed by atoms with Crippen molar-refractivity contribution in [1.29, 1.82) is 0 Å². The van der Waals surface area contributed by atoms with E-state index in [0.29, 0.717) is 0 Å². The largest absolute Gasteiger partial charge is 0.497 e. The van der Waals surface area contributed by atoms with E-state index < -0.39 is 10.8 Å². The fraction of sp³-hybridized carbons (Fsp3) is 0.481. The number of allylic oxidation sites excluding steroid dienone is 1. The van der Waals surface area contributed by atoms with Gasteiger partial charge < -0.3 is 9.64 Å². The minimum Gasteiger partial charge on any atom is -0.497 e. The van der Waals surface area contributed by atoms with Crippen LogP contribution in [0, 0.1) is 0 Å². The van der Waals surface area contributed by atoms with Gasteiger partial charge in [0.15, 0.2) is 0 Å². The van der Waals surface area contributed by atoms with Crippen LogP contribution >= 0.6 is 0 Å². The Morgan fingerprint density at radius 3 is 1.94 bits per heavy atom. The lowest BCUT2D eigenvalue weighted by molar-refractivity contribution is 0.103. The topological polar surface area (TPSA) is 32.8 Å². The molecular weight excluding hydrogens is 416 g/mol. The summed E-state index contributed by atoms with van der Waals surface area (Å²) in [6.45, 7) is 8.87. The van der Waals surface area contributed by atoms with Crippen molar-refractivity contribution in [3.05, 3.63) is 59.7 Å². The Morgan fingerprint density at radius 2 is 1.41 bits per heavy atom. The highest BCUT2D eigenvalue weighted by molar-refractivity contribution is 7.85. The molecule has 1 saturated carbocycles. The van der Waals surface area contributed by atoms with Crippen LogP contribution in [0.25, 0.3) is 5.70 Å². The van der Waals surface area contributed by atoms with Gasteiger partial charge >= 0.3 is 0 Å². The van der Waals surface area contributed by atoms with Gasteiger partial charge in [-0.3, -0.25) is 4.90 Å². The fourth-order valence-corrected chi connectivity index (χ4v) is 6.15. The molecule has 172 valence electrons. The smallest absolute Gasteiger partial charge is 0.118 e. The molecule has 4 rings (SSSR count). The Balaban J connectivity index is 1.44. The molecule has 2 fully saturated rings. The Labute approximate surface area is 195 Å². The van der Waals surface area contributed by atoms with Crippen LogP contribution in [0.5, 0.6) is 5.75 Å². The highest BCUT2D eigenvalue weighted by atomic mass is 32.2. The van der Waals surface area contributed by atoms with Crippen LogP contribution < -0.4 is 4.74 Å². The van der Waals surface area contributed by atoms with E-state index in [-0.39, 0.29) is 0 Å². The molecule has 5 heteroatoms. The highest BCUT2D eigenvalue weighted by Crippen LogP contribution is 2.29. The third-order valence-electron chi connectivity index (χ3n) is 6.81. The molecule has 0 radical (unpaired) electrons. The lowest BCUT2D eigenvalue weighted by Crippen LogP contribution is -2.50. The molecule has 0 amide bonds. The second-order valence-electron chi connectivity index (χ2n) is 9.13. The third kappa shape index (κ3) is 5.26. The number of rotatable bonds is 6. The minimum absolute atomic E-state index is 0.776. The van der Waals surface area contributed by atoms with Gasteiger partial charge in [-0.25, -0.2) is 4.21 Å². The molecule has 0 aromatic heterocycles. The zero-order valence-corrected chi connectivity index (χ0v) is 20.5. The Kier molecular flexibility index (Phi) is 7.69. The first-order valence-electron chi connectivity index (χ1n) is 11.9. The number of ether oxygens (including phenoxy) is 1. The van der Waals surface area contributed by atoms with Crippen LogP contribution in [-0.4, -0.2) is 53.3 Å². The predicted octanol–water partition coefficient (Wildman–Crippen LogP) is 5.56. The number of hydrogen-bond acceptors (Lipinski definition) is 4. The van der Waals surface area contributed by atoms with Gasteiger partial charge in [0.25, 0.3) is 0 Å². The van der Waals surface area contributed by atoms with Crippen LogP contribution in [-0.2, 0) is 10.8 Å². The fourth-order valence-electron chi connectivity index (χ4n) is 5.12. The molecule has 1 unspecified atom stereocenters. The summed E-state index contributed by atoms with van der Waals surface area (Å²) in [5, 5.41) is 0. The maximum absolute atomic E-state index is 13.0. The van der Waals surface area contributed by atoms with Gasteiger partial charge in [0, 0.05) is 47.7 Å². The van der Waals surface area contributed by atoms with Crippen molar-refractivity contribution in [3.8, 4) is 5.75 Å². The molecule has 4 nitrogen and oxygen atoms in total. The number of hydrogen-bond donors (Lipinski definition) is 0. The van der Waals surface area contributed by atoms with Crippen molar-refractivity contribution in [2.24, 2.45) is 0 Å². The molecule has 1 aliphatic carbocycles. The van der Waals surface area contributed by atoms with E-state index in [0.717, 1.165) is 47.8 Å². The molecule has 0 N–H and O–H groups in total. The summed E-state index contributed by atoms with van der Waals surface area (Å²) in [7, 11) is 0.447. The monoisotopic (exact) mass is 452 g/mol. The Bertz CT molecular complexity index is 935. The van der Waals surface area contributed by atoms with Gasteiger partial charge in [-0.05, 0) is 68.7 Å². The predicted molar refractivity (Wildman–Crippen MR) is 132 cm³/mol. The molecule has 32 heavy (non-hydrogen) atoms. The van der Waals surface area contributed by atoms with Crippen molar-refractivity contribution >= 4 is 16.5 Å². The van der Waals surface area contributed by atoms with Crippen LogP contribution in [0.1, 0.15) is 51.5 Å². The van der Waals surface area contributed by atoms with Crippen molar-refractivity contribution in [1.82, 2.24) is 9.80 Å². The van der Waals surface area contributed by atoms with Gasteiger partial charge in [0.1, 0.15) is 5.75 Å². The molecule has 1 saturated heterocycles. The molecule has 2 aliphatic rings. The molecule has 0 bridgehead atoms. The molecule has 1 heterocycles. The first-order valence-corrected chi connectivity index (χ1v) is 13.0. The lowest BCUT2D eigenvalue weighted by Gasteiger charge is -2.42. The summed E-state index contributed by atoms with van der Waals surface area (Å²) in [6, 6.07) is 16.5. The number of methoxy groups -OCH3 is 1. The highest BCUT2D eigenvalue weighted by Gasteiger charge is 2.26.